The van der Waals surface area contributed by atoms with Gasteiger partial charge < -0.3 is 19.4 Å². The van der Waals surface area contributed by atoms with E-state index in [1.165, 1.54) is 0 Å². The van der Waals surface area contributed by atoms with E-state index in [0.29, 0.717) is 12.6 Å². The summed E-state index contributed by atoms with van der Waals surface area (Å²) in [6.07, 6.45) is 6.72. The summed E-state index contributed by atoms with van der Waals surface area (Å²) in [5.74, 6) is 1.73. The summed E-state index contributed by atoms with van der Waals surface area (Å²) < 4.78 is 7.22. The van der Waals surface area contributed by atoms with Crippen LogP contribution in [-0.2, 0) is 4.74 Å². The van der Waals surface area contributed by atoms with Gasteiger partial charge in [-0.05, 0) is 13.3 Å². The van der Waals surface area contributed by atoms with Crippen molar-refractivity contribution in [2.75, 3.05) is 37.5 Å². The zero-order valence-electron chi connectivity index (χ0n) is 12.6. The predicted octanol–water partition coefficient (Wildman–Crippen LogP) is 2.02. The molecule has 0 aliphatic heterocycles. The van der Waals surface area contributed by atoms with E-state index in [9.17, 15) is 0 Å². The summed E-state index contributed by atoms with van der Waals surface area (Å²) >= 11 is 0. The number of anilines is 2. The van der Waals surface area contributed by atoms with Gasteiger partial charge in [-0.3, -0.25) is 0 Å². The summed E-state index contributed by atoms with van der Waals surface area (Å²) in [6.45, 7) is 5.84. The highest BCUT2D eigenvalue weighted by Crippen LogP contribution is 2.23. The third-order valence-electron chi connectivity index (χ3n) is 3.54. The first-order chi connectivity index (χ1) is 9.71. The molecule has 1 unspecified atom stereocenters. The van der Waals surface area contributed by atoms with Gasteiger partial charge in [0.1, 0.15) is 5.82 Å². The van der Waals surface area contributed by atoms with Crippen LogP contribution in [0.15, 0.2) is 18.6 Å². The third-order valence-corrected chi connectivity index (χ3v) is 3.54. The fraction of sp³-hybridized carbons (Fsp3) is 0.571. The molecule has 0 radical (unpaired) electrons. The van der Waals surface area contributed by atoms with Crippen molar-refractivity contribution in [1.29, 1.82) is 0 Å². The predicted molar refractivity (Wildman–Crippen MR) is 81.5 cm³/mol. The van der Waals surface area contributed by atoms with Crippen LogP contribution in [0.2, 0.25) is 0 Å². The third kappa shape index (κ3) is 2.85. The van der Waals surface area contributed by atoms with E-state index in [2.05, 4.69) is 34.0 Å². The molecule has 2 aromatic heterocycles. The largest absolute Gasteiger partial charge is 0.383 e. The lowest BCUT2D eigenvalue weighted by molar-refractivity contribution is 0.203. The minimum Gasteiger partial charge on any atom is -0.383 e. The minimum absolute atomic E-state index is 0.380. The molecule has 0 spiro atoms. The lowest BCUT2D eigenvalue weighted by Crippen LogP contribution is -2.36. The van der Waals surface area contributed by atoms with E-state index >= 15 is 0 Å². The van der Waals surface area contributed by atoms with Crippen molar-refractivity contribution < 1.29 is 4.74 Å². The van der Waals surface area contributed by atoms with Crippen LogP contribution < -0.4 is 10.2 Å². The second kappa shape index (κ2) is 6.56. The Hall–Kier alpha value is -1.82. The number of methoxy groups -OCH3 is 1. The van der Waals surface area contributed by atoms with Crippen LogP contribution in [0.1, 0.15) is 20.3 Å². The van der Waals surface area contributed by atoms with Crippen LogP contribution in [0.3, 0.4) is 0 Å². The van der Waals surface area contributed by atoms with Gasteiger partial charge in [-0.1, -0.05) is 6.92 Å². The van der Waals surface area contributed by atoms with Gasteiger partial charge >= 0.3 is 0 Å². The van der Waals surface area contributed by atoms with E-state index < -0.39 is 0 Å². The maximum Gasteiger partial charge on any atom is 0.180 e. The first-order valence-corrected chi connectivity index (χ1v) is 6.98. The average Bonchev–Trinajstić information content (AvgIpc) is 2.95. The van der Waals surface area contributed by atoms with Crippen molar-refractivity contribution in [3.05, 3.63) is 18.6 Å². The van der Waals surface area contributed by atoms with Crippen LogP contribution in [0.25, 0.3) is 5.65 Å². The second-order valence-electron chi connectivity index (χ2n) is 4.80. The lowest BCUT2D eigenvalue weighted by Gasteiger charge is -2.29. The van der Waals surface area contributed by atoms with Gasteiger partial charge in [0.2, 0.25) is 0 Å². The molecule has 110 valence electrons. The number of imidazole rings is 1. The molecule has 0 aliphatic carbocycles. The fourth-order valence-electron chi connectivity index (χ4n) is 2.17. The van der Waals surface area contributed by atoms with Crippen molar-refractivity contribution >= 4 is 17.3 Å². The summed E-state index contributed by atoms with van der Waals surface area (Å²) in [7, 11) is 3.59. The summed E-state index contributed by atoms with van der Waals surface area (Å²) in [5, 5.41) is 3.10. The Morgan fingerprint density at radius 2 is 2.30 bits per heavy atom. The first kappa shape index (κ1) is 14.6. The first-order valence-electron chi connectivity index (χ1n) is 6.98. The Labute approximate surface area is 119 Å². The number of nitrogens with zero attached hydrogens (tertiary/aromatic N) is 4. The van der Waals surface area contributed by atoms with E-state index in [0.717, 1.165) is 30.2 Å². The molecule has 1 N–H and O–H groups in total. The average molecular weight is 277 g/mol. The molecule has 1 atom stereocenters. The van der Waals surface area contributed by atoms with Crippen molar-refractivity contribution in [3.63, 3.8) is 0 Å². The molecule has 0 aliphatic rings. The van der Waals surface area contributed by atoms with Gasteiger partial charge in [0.15, 0.2) is 11.5 Å². The molecule has 0 saturated heterocycles. The summed E-state index contributed by atoms with van der Waals surface area (Å²) in [5.41, 5.74) is 0.875. The number of aromatic nitrogens is 3. The number of nitrogens with one attached hydrogen (secondary N) is 1. The van der Waals surface area contributed by atoms with Gasteiger partial charge in [0.05, 0.1) is 12.8 Å². The maximum absolute atomic E-state index is 5.23. The van der Waals surface area contributed by atoms with Crippen LogP contribution in [0, 0.1) is 0 Å². The molecule has 0 bridgehead atoms. The van der Waals surface area contributed by atoms with E-state index in [-0.39, 0.29) is 0 Å². The highest BCUT2D eigenvalue weighted by atomic mass is 16.5. The Morgan fingerprint density at radius 1 is 1.50 bits per heavy atom. The molecular formula is C14H23N5O. The summed E-state index contributed by atoms with van der Waals surface area (Å²) in [4.78, 5) is 11.4. The fourth-order valence-corrected chi connectivity index (χ4v) is 2.17. The molecular weight excluding hydrogens is 254 g/mol. The van der Waals surface area contributed by atoms with Gasteiger partial charge in [0, 0.05) is 39.1 Å². The van der Waals surface area contributed by atoms with Gasteiger partial charge in [-0.25, -0.2) is 9.97 Å². The molecule has 0 aromatic carbocycles. The Bertz CT molecular complexity index is 553. The van der Waals surface area contributed by atoms with Crippen LogP contribution >= 0.6 is 0 Å². The molecule has 2 heterocycles. The van der Waals surface area contributed by atoms with Crippen LogP contribution in [0.5, 0.6) is 0 Å². The molecule has 6 nitrogen and oxygen atoms in total. The van der Waals surface area contributed by atoms with Crippen molar-refractivity contribution in [2.24, 2.45) is 0 Å². The molecule has 2 rings (SSSR count). The minimum atomic E-state index is 0.380. The molecule has 0 saturated carbocycles. The molecule has 0 amide bonds. The lowest BCUT2D eigenvalue weighted by atomic mass is 10.2. The quantitative estimate of drug-likeness (QED) is 0.839. The standard InChI is InChI=1S/C14H23N5O/c1-5-11(2)19(8-9-20-4)14-13-16-6-7-18(13)10-12(15-3)17-14/h6-7,10-11,15H,5,8-9H2,1-4H3. The number of fused-ring (bicyclic) bond motifs is 1. The van der Waals surface area contributed by atoms with E-state index in [1.54, 1.807) is 13.3 Å². The second-order valence-corrected chi connectivity index (χ2v) is 4.80. The van der Waals surface area contributed by atoms with E-state index in [1.807, 2.05) is 23.8 Å². The zero-order chi connectivity index (χ0) is 14.5. The SMILES string of the molecule is CCC(C)N(CCOC)c1nc(NC)cn2ccnc12. The zero-order valence-corrected chi connectivity index (χ0v) is 12.6. The molecule has 0 fully saturated rings. The Kier molecular flexibility index (Phi) is 4.79. The van der Waals surface area contributed by atoms with Crippen LogP contribution in [-0.4, -0.2) is 47.7 Å². The molecule has 2 aromatic rings. The van der Waals surface area contributed by atoms with Gasteiger partial charge in [-0.15, -0.1) is 0 Å². The van der Waals surface area contributed by atoms with Crippen molar-refractivity contribution in [3.8, 4) is 0 Å². The Morgan fingerprint density at radius 3 is 2.95 bits per heavy atom. The van der Waals surface area contributed by atoms with Crippen LogP contribution in [0.4, 0.5) is 11.6 Å². The van der Waals surface area contributed by atoms with Crippen molar-refractivity contribution in [1.82, 2.24) is 14.4 Å². The molecule has 20 heavy (non-hydrogen) atoms. The molecule has 6 heteroatoms. The van der Waals surface area contributed by atoms with Crippen molar-refractivity contribution in [2.45, 2.75) is 26.3 Å². The summed E-state index contributed by atoms with van der Waals surface area (Å²) in [6, 6.07) is 0.380. The number of hydrogen-bond donors (Lipinski definition) is 1. The smallest absolute Gasteiger partial charge is 0.180 e. The van der Waals surface area contributed by atoms with E-state index in [4.69, 9.17) is 4.74 Å². The highest BCUT2D eigenvalue weighted by Gasteiger charge is 2.19. The number of hydrogen-bond acceptors (Lipinski definition) is 5. The monoisotopic (exact) mass is 277 g/mol. The number of ether oxygens (including phenoxy) is 1. The normalized spacial score (nSPS) is 12.6. The Balaban J connectivity index is 2.47. The van der Waals surface area contributed by atoms with Gasteiger partial charge in [0.25, 0.3) is 0 Å². The number of rotatable bonds is 7. The topological polar surface area (TPSA) is 54.7 Å². The van der Waals surface area contributed by atoms with Gasteiger partial charge in [-0.2, -0.15) is 0 Å². The highest BCUT2D eigenvalue weighted by molar-refractivity contribution is 5.67. The maximum atomic E-state index is 5.23.